The number of amides is 2. The number of nitrogens with two attached hydrogens (primary N) is 1. The van der Waals surface area contributed by atoms with Gasteiger partial charge in [0, 0.05) is 30.5 Å². The fourth-order valence-corrected chi connectivity index (χ4v) is 3.00. The molecule has 2 amide bonds. The number of carbonyl (C=O) groups excluding carboxylic acids is 2. The van der Waals surface area contributed by atoms with E-state index in [-0.39, 0.29) is 17.7 Å². The van der Waals surface area contributed by atoms with Crippen molar-refractivity contribution in [2.75, 3.05) is 24.1 Å². The summed E-state index contributed by atoms with van der Waals surface area (Å²) in [6.45, 7) is 3.01. The van der Waals surface area contributed by atoms with E-state index < -0.39 is 0 Å². The highest BCUT2D eigenvalue weighted by molar-refractivity contribution is 5.96. The Morgan fingerprint density at radius 3 is 2.84 bits per heavy atom. The Morgan fingerprint density at radius 2 is 2.12 bits per heavy atom. The summed E-state index contributed by atoms with van der Waals surface area (Å²) in [6.07, 6.45) is 3.28. The summed E-state index contributed by atoms with van der Waals surface area (Å²) >= 11 is 0. The topological polar surface area (TPSA) is 88.3 Å². The van der Waals surface area contributed by atoms with Gasteiger partial charge in [-0.3, -0.25) is 9.59 Å². The van der Waals surface area contributed by atoms with Crippen molar-refractivity contribution < 1.29 is 9.59 Å². The third-order valence-electron chi connectivity index (χ3n) is 4.38. The van der Waals surface area contributed by atoms with E-state index in [1.54, 1.807) is 41.4 Å². The molecule has 25 heavy (non-hydrogen) atoms. The van der Waals surface area contributed by atoms with Crippen molar-refractivity contribution in [3.63, 3.8) is 0 Å². The van der Waals surface area contributed by atoms with Crippen LogP contribution >= 0.6 is 0 Å². The first-order valence-electron chi connectivity index (χ1n) is 8.41. The van der Waals surface area contributed by atoms with E-state index in [1.807, 2.05) is 13.0 Å². The van der Waals surface area contributed by atoms with Gasteiger partial charge in [-0.15, -0.1) is 0 Å². The molecule has 1 aromatic carbocycles. The Hall–Kier alpha value is -2.89. The lowest BCUT2D eigenvalue weighted by atomic mass is 9.96. The minimum absolute atomic E-state index is 0.0849. The van der Waals surface area contributed by atoms with E-state index in [1.165, 1.54) is 0 Å². The van der Waals surface area contributed by atoms with Crippen LogP contribution in [0.5, 0.6) is 0 Å². The monoisotopic (exact) mass is 338 g/mol. The summed E-state index contributed by atoms with van der Waals surface area (Å²) in [5, 5.41) is 2.84. The first-order valence-corrected chi connectivity index (χ1v) is 8.41. The van der Waals surface area contributed by atoms with E-state index in [4.69, 9.17) is 5.73 Å². The normalized spacial score (nSPS) is 17.2. The average molecular weight is 338 g/mol. The lowest BCUT2D eigenvalue weighted by molar-refractivity contribution is -0.121. The van der Waals surface area contributed by atoms with Gasteiger partial charge in [-0.1, -0.05) is 12.1 Å². The summed E-state index contributed by atoms with van der Waals surface area (Å²) in [5.41, 5.74) is 7.91. The Bertz CT molecular complexity index is 773. The SMILES string of the molecule is Cc1ccc(NC(=O)C2CCCN(C(=O)c3cccc(N)c3)C2)nc1. The molecule has 1 aliphatic heterocycles. The molecular weight excluding hydrogens is 316 g/mol. The summed E-state index contributed by atoms with van der Waals surface area (Å²) < 4.78 is 0. The zero-order valence-corrected chi connectivity index (χ0v) is 14.2. The van der Waals surface area contributed by atoms with E-state index in [0.29, 0.717) is 30.2 Å². The largest absolute Gasteiger partial charge is 0.399 e. The van der Waals surface area contributed by atoms with Crippen LogP contribution in [0.1, 0.15) is 28.8 Å². The number of pyridine rings is 1. The number of anilines is 2. The van der Waals surface area contributed by atoms with Crippen molar-refractivity contribution in [3.8, 4) is 0 Å². The second-order valence-corrected chi connectivity index (χ2v) is 6.43. The number of aromatic nitrogens is 1. The van der Waals surface area contributed by atoms with Crippen LogP contribution in [0.3, 0.4) is 0 Å². The maximum atomic E-state index is 12.6. The summed E-state index contributed by atoms with van der Waals surface area (Å²) in [6, 6.07) is 10.6. The highest BCUT2D eigenvalue weighted by Crippen LogP contribution is 2.21. The molecule has 1 fully saturated rings. The fraction of sp³-hybridized carbons (Fsp3) is 0.316. The number of rotatable bonds is 3. The average Bonchev–Trinajstić information content (AvgIpc) is 2.63. The van der Waals surface area contributed by atoms with Crippen LogP contribution in [-0.4, -0.2) is 34.8 Å². The first-order chi connectivity index (χ1) is 12.0. The smallest absolute Gasteiger partial charge is 0.253 e. The molecule has 1 atom stereocenters. The van der Waals surface area contributed by atoms with Crippen LogP contribution in [0.4, 0.5) is 11.5 Å². The standard InChI is InChI=1S/C19H22N4O2/c1-13-7-8-17(21-11-13)22-18(24)15-5-3-9-23(12-15)19(25)14-4-2-6-16(20)10-14/h2,4,6-8,10-11,15H,3,5,9,12,20H2,1H3,(H,21,22,24). The number of benzene rings is 1. The van der Waals surface area contributed by atoms with Crippen molar-refractivity contribution in [2.24, 2.45) is 5.92 Å². The van der Waals surface area contributed by atoms with E-state index in [9.17, 15) is 9.59 Å². The number of nitrogens with one attached hydrogen (secondary N) is 1. The van der Waals surface area contributed by atoms with Crippen LogP contribution in [0.15, 0.2) is 42.6 Å². The molecule has 3 rings (SSSR count). The second-order valence-electron chi connectivity index (χ2n) is 6.43. The molecule has 6 heteroatoms. The fourth-order valence-electron chi connectivity index (χ4n) is 3.00. The van der Waals surface area contributed by atoms with Gasteiger partial charge in [0.2, 0.25) is 5.91 Å². The van der Waals surface area contributed by atoms with Crippen molar-refractivity contribution in [2.45, 2.75) is 19.8 Å². The minimum atomic E-state index is -0.234. The predicted octanol–water partition coefficient (Wildman–Crippen LogP) is 2.46. The minimum Gasteiger partial charge on any atom is -0.399 e. The molecular formula is C19H22N4O2. The highest BCUT2D eigenvalue weighted by atomic mass is 16.2. The number of hydrogen-bond donors (Lipinski definition) is 2. The van der Waals surface area contributed by atoms with Crippen molar-refractivity contribution in [3.05, 3.63) is 53.7 Å². The van der Waals surface area contributed by atoms with E-state index in [2.05, 4.69) is 10.3 Å². The van der Waals surface area contributed by atoms with Gasteiger partial charge in [0.25, 0.3) is 5.91 Å². The lowest BCUT2D eigenvalue weighted by Crippen LogP contribution is -2.43. The summed E-state index contributed by atoms with van der Waals surface area (Å²) in [5.74, 6) is 0.122. The zero-order chi connectivity index (χ0) is 17.8. The molecule has 2 aromatic rings. The maximum Gasteiger partial charge on any atom is 0.253 e. The Morgan fingerprint density at radius 1 is 1.28 bits per heavy atom. The molecule has 2 heterocycles. The van der Waals surface area contributed by atoms with Gasteiger partial charge >= 0.3 is 0 Å². The van der Waals surface area contributed by atoms with Gasteiger partial charge in [-0.05, 0) is 49.6 Å². The van der Waals surface area contributed by atoms with Gasteiger partial charge in [-0.25, -0.2) is 4.98 Å². The molecule has 0 aliphatic carbocycles. The molecule has 1 unspecified atom stereocenters. The third-order valence-corrected chi connectivity index (χ3v) is 4.38. The molecule has 0 spiro atoms. The number of aryl methyl sites for hydroxylation is 1. The number of carbonyl (C=O) groups is 2. The van der Waals surface area contributed by atoms with Gasteiger partial charge < -0.3 is 16.0 Å². The Kier molecular flexibility index (Phi) is 4.97. The molecule has 1 aliphatic rings. The predicted molar refractivity (Wildman–Crippen MR) is 97.1 cm³/mol. The van der Waals surface area contributed by atoms with Crippen LogP contribution < -0.4 is 11.1 Å². The molecule has 0 bridgehead atoms. The molecule has 1 aromatic heterocycles. The number of nitrogen functional groups attached to an aromatic ring is 1. The summed E-state index contributed by atoms with van der Waals surface area (Å²) in [7, 11) is 0. The van der Waals surface area contributed by atoms with Crippen LogP contribution in [0.2, 0.25) is 0 Å². The second kappa shape index (κ2) is 7.34. The first kappa shape index (κ1) is 17.0. The number of nitrogens with zero attached hydrogens (tertiary/aromatic N) is 2. The van der Waals surface area contributed by atoms with Gasteiger partial charge in [0.05, 0.1) is 5.92 Å². The third kappa shape index (κ3) is 4.15. The van der Waals surface area contributed by atoms with Crippen LogP contribution in [-0.2, 0) is 4.79 Å². The van der Waals surface area contributed by atoms with E-state index >= 15 is 0 Å². The van der Waals surface area contributed by atoms with Gasteiger partial charge in [0.15, 0.2) is 0 Å². The van der Waals surface area contributed by atoms with Crippen LogP contribution in [0.25, 0.3) is 0 Å². The number of piperidine rings is 1. The zero-order valence-electron chi connectivity index (χ0n) is 14.2. The van der Waals surface area contributed by atoms with Crippen LogP contribution in [0, 0.1) is 12.8 Å². The van der Waals surface area contributed by atoms with Crippen molar-refractivity contribution in [1.29, 1.82) is 0 Å². The molecule has 0 radical (unpaired) electrons. The molecule has 1 saturated heterocycles. The highest BCUT2D eigenvalue weighted by Gasteiger charge is 2.29. The van der Waals surface area contributed by atoms with Gasteiger partial charge in [-0.2, -0.15) is 0 Å². The van der Waals surface area contributed by atoms with E-state index in [0.717, 1.165) is 18.4 Å². The number of hydrogen-bond acceptors (Lipinski definition) is 4. The molecule has 130 valence electrons. The Labute approximate surface area is 147 Å². The van der Waals surface area contributed by atoms with Crippen molar-refractivity contribution in [1.82, 2.24) is 9.88 Å². The van der Waals surface area contributed by atoms with Gasteiger partial charge in [0.1, 0.15) is 5.82 Å². The quantitative estimate of drug-likeness (QED) is 0.842. The number of likely N-dealkylation sites (tertiary alicyclic amines) is 1. The van der Waals surface area contributed by atoms with Crippen molar-refractivity contribution >= 4 is 23.3 Å². The molecule has 3 N–H and O–H groups in total. The Balaban J connectivity index is 1.65. The summed E-state index contributed by atoms with van der Waals surface area (Å²) in [4.78, 5) is 31.1. The molecule has 6 nitrogen and oxygen atoms in total. The lowest BCUT2D eigenvalue weighted by Gasteiger charge is -2.32. The maximum absolute atomic E-state index is 12.6. The molecule has 0 saturated carbocycles.